The Bertz CT molecular complexity index is 921. The van der Waals surface area contributed by atoms with Gasteiger partial charge in [0, 0.05) is 23.3 Å². The Kier molecular flexibility index (Phi) is 4.44. The summed E-state index contributed by atoms with van der Waals surface area (Å²) >= 11 is 1.54. The highest BCUT2D eigenvalue weighted by Gasteiger charge is 2.25. The molecule has 3 atom stereocenters. The predicted octanol–water partition coefficient (Wildman–Crippen LogP) is 2.48. The number of thiazole rings is 1. The second-order valence-corrected chi connectivity index (χ2v) is 8.31. The minimum absolute atomic E-state index is 0.0256. The number of hydrogen-bond donors (Lipinski definition) is 1. The molecule has 2 aromatic heterocycles. The predicted molar refractivity (Wildman–Crippen MR) is 102 cm³/mol. The van der Waals surface area contributed by atoms with Crippen LogP contribution in [0.2, 0.25) is 0 Å². The van der Waals surface area contributed by atoms with E-state index in [2.05, 4.69) is 13.8 Å². The van der Waals surface area contributed by atoms with Gasteiger partial charge in [-0.05, 0) is 12.0 Å². The average Bonchev–Trinajstić information content (AvgIpc) is 2.99. The van der Waals surface area contributed by atoms with Gasteiger partial charge < -0.3 is 4.90 Å². The van der Waals surface area contributed by atoms with Crippen molar-refractivity contribution in [2.75, 3.05) is 13.1 Å². The number of quaternary nitrogens is 1. The molecule has 5 heteroatoms. The first-order valence-electron chi connectivity index (χ1n) is 8.99. The van der Waals surface area contributed by atoms with Gasteiger partial charge in [0.1, 0.15) is 12.2 Å². The molecule has 1 unspecified atom stereocenters. The Labute approximate surface area is 151 Å². The lowest BCUT2D eigenvalue weighted by molar-refractivity contribution is -0.926. The molecule has 0 amide bonds. The molecule has 1 saturated heterocycles. The molecule has 25 heavy (non-hydrogen) atoms. The molecule has 3 aromatic rings. The summed E-state index contributed by atoms with van der Waals surface area (Å²) in [5.41, 5.74) is 2.92. The zero-order valence-electron chi connectivity index (χ0n) is 14.7. The zero-order chi connectivity index (χ0) is 17.4. The summed E-state index contributed by atoms with van der Waals surface area (Å²) in [7, 11) is 0. The van der Waals surface area contributed by atoms with Crippen molar-refractivity contribution in [3.05, 3.63) is 57.8 Å². The maximum atomic E-state index is 12.7. The Morgan fingerprint density at radius 1 is 1.20 bits per heavy atom. The first-order valence-corrected chi connectivity index (χ1v) is 9.87. The minimum Gasteiger partial charge on any atom is -0.329 e. The fourth-order valence-electron chi connectivity index (χ4n) is 4.19. The summed E-state index contributed by atoms with van der Waals surface area (Å²) in [6.45, 7) is 7.84. The first kappa shape index (κ1) is 16.5. The van der Waals surface area contributed by atoms with E-state index in [1.807, 2.05) is 35.7 Å². The van der Waals surface area contributed by atoms with Crippen LogP contribution in [0.1, 0.15) is 26.0 Å². The Morgan fingerprint density at radius 2 is 1.92 bits per heavy atom. The van der Waals surface area contributed by atoms with Crippen molar-refractivity contribution in [3.8, 4) is 11.3 Å². The number of piperidine rings is 1. The summed E-state index contributed by atoms with van der Waals surface area (Å²) in [6, 6.07) is 11.8. The van der Waals surface area contributed by atoms with E-state index in [4.69, 9.17) is 4.98 Å². The Morgan fingerprint density at radius 3 is 2.64 bits per heavy atom. The highest BCUT2D eigenvalue weighted by atomic mass is 32.1. The van der Waals surface area contributed by atoms with Crippen LogP contribution in [-0.2, 0) is 6.54 Å². The van der Waals surface area contributed by atoms with Gasteiger partial charge in [0.05, 0.1) is 18.8 Å². The van der Waals surface area contributed by atoms with Gasteiger partial charge in [-0.1, -0.05) is 44.2 Å². The number of benzene rings is 1. The number of hydrogen-bond acceptors (Lipinski definition) is 3. The maximum absolute atomic E-state index is 12.7. The Hall–Kier alpha value is -1.98. The van der Waals surface area contributed by atoms with E-state index in [9.17, 15) is 4.79 Å². The van der Waals surface area contributed by atoms with Gasteiger partial charge >= 0.3 is 0 Å². The standard InChI is InChI=1S/C20H23N3OS/c1-14-8-15(2)11-22(10-14)12-17-9-19(24)23-18(13-25-20(23)21-17)16-6-4-3-5-7-16/h3-7,9,13-15H,8,10-12H2,1-2H3/p+1/t14-,15+. The van der Waals surface area contributed by atoms with Crippen molar-refractivity contribution >= 4 is 16.3 Å². The lowest BCUT2D eigenvalue weighted by Crippen LogP contribution is -3.13. The van der Waals surface area contributed by atoms with E-state index in [1.54, 1.807) is 26.7 Å². The first-order chi connectivity index (χ1) is 12.1. The Balaban J connectivity index is 1.66. The van der Waals surface area contributed by atoms with Crippen LogP contribution >= 0.6 is 11.3 Å². The molecule has 1 fully saturated rings. The van der Waals surface area contributed by atoms with Crippen molar-refractivity contribution in [3.63, 3.8) is 0 Å². The number of fused-ring (bicyclic) bond motifs is 1. The topological polar surface area (TPSA) is 38.8 Å². The van der Waals surface area contributed by atoms with Gasteiger partial charge in [0.25, 0.3) is 5.56 Å². The summed E-state index contributed by atoms with van der Waals surface area (Å²) < 4.78 is 1.74. The third-order valence-corrected chi connectivity index (χ3v) is 5.86. The van der Waals surface area contributed by atoms with Crippen LogP contribution in [0.15, 0.2) is 46.6 Å². The fourth-order valence-corrected chi connectivity index (χ4v) is 5.11. The molecule has 1 aromatic carbocycles. The van der Waals surface area contributed by atoms with Gasteiger partial charge in [-0.2, -0.15) is 0 Å². The fraction of sp³-hybridized carbons (Fsp3) is 0.400. The van der Waals surface area contributed by atoms with Gasteiger partial charge in [0.15, 0.2) is 4.96 Å². The molecule has 0 radical (unpaired) electrons. The SMILES string of the molecule is C[C@@H]1C[C@H](C)C[NH+](Cc2cc(=O)n3c(-c4ccccc4)csc3n2)C1. The molecular weight excluding hydrogens is 330 g/mol. The largest absolute Gasteiger partial charge is 0.329 e. The van der Waals surface area contributed by atoms with Crippen LogP contribution in [0, 0.1) is 11.8 Å². The van der Waals surface area contributed by atoms with Crippen LogP contribution < -0.4 is 10.5 Å². The van der Waals surface area contributed by atoms with Gasteiger partial charge in [-0.3, -0.25) is 9.20 Å². The average molecular weight is 354 g/mol. The van der Waals surface area contributed by atoms with E-state index in [-0.39, 0.29) is 5.56 Å². The maximum Gasteiger partial charge on any atom is 0.259 e. The van der Waals surface area contributed by atoms with E-state index >= 15 is 0 Å². The number of likely N-dealkylation sites (tertiary alicyclic amines) is 1. The number of aromatic nitrogens is 2. The van der Waals surface area contributed by atoms with Crippen LogP contribution in [0.3, 0.4) is 0 Å². The van der Waals surface area contributed by atoms with Crippen molar-refractivity contribution in [2.24, 2.45) is 11.8 Å². The van der Waals surface area contributed by atoms with Gasteiger partial charge in [0.2, 0.25) is 0 Å². The summed E-state index contributed by atoms with van der Waals surface area (Å²) in [6.07, 6.45) is 1.31. The van der Waals surface area contributed by atoms with E-state index in [1.165, 1.54) is 19.5 Å². The third-order valence-electron chi connectivity index (χ3n) is 5.04. The zero-order valence-corrected chi connectivity index (χ0v) is 15.6. The highest BCUT2D eigenvalue weighted by Crippen LogP contribution is 2.23. The second-order valence-electron chi connectivity index (χ2n) is 7.47. The van der Waals surface area contributed by atoms with Gasteiger partial charge in [-0.25, -0.2) is 4.98 Å². The van der Waals surface area contributed by atoms with E-state index in [0.29, 0.717) is 0 Å². The number of nitrogens with one attached hydrogen (secondary N) is 1. The lowest BCUT2D eigenvalue weighted by Gasteiger charge is -2.31. The van der Waals surface area contributed by atoms with Crippen molar-refractivity contribution < 1.29 is 4.90 Å². The number of rotatable bonds is 3. The highest BCUT2D eigenvalue weighted by molar-refractivity contribution is 7.15. The van der Waals surface area contributed by atoms with Gasteiger partial charge in [-0.15, -0.1) is 11.3 Å². The van der Waals surface area contributed by atoms with Crippen molar-refractivity contribution in [1.29, 1.82) is 0 Å². The van der Waals surface area contributed by atoms with Crippen LogP contribution in [-0.4, -0.2) is 22.5 Å². The van der Waals surface area contributed by atoms with Crippen LogP contribution in [0.25, 0.3) is 16.2 Å². The van der Waals surface area contributed by atoms with Crippen LogP contribution in [0.5, 0.6) is 0 Å². The quantitative estimate of drug-likeness (QED) is 0.785. The summed E-state index contributed by atoms with van der Waals surface area (Å²) in [4.78, 5) is 19.9. The van der Waals surface area contributed by atoms with E-state index in [0.717, 1.165) is 40.3 Å². The normalized spacial score (nSPS) is 23.8. The third kappa shape index (κ3) is 3.39. The molecule has 4 rings (SSSR count). The molecule has 0 saturated carbocycles. The molecule has 130 valence electrons. The van der Waals surface area contributed by atoms with Crippen LogP contribution in [0.4, 0.5) is 0 Å². The molecule has 4 nitrogen and oxygen atoms in total. The second kappa shape index (κ2) is 6.73. The molecule has 1 aliphatic heterocycles. The molecule has 0 bridgehead atoms. The minimum atomic E-state index is 0.0256. The smallest absolute Gasteiger partial charge is 0.259 e. The molecule has 1 aliphatic rings. The van der Waals surface area contributed by atoms with Crippen molar-refractivity contribution in [2.45, 2.75) is 26.8 Å². The molecule has 3 heterocycles. The summed E-state index contributed by atoms with van der Waals surface area (Å²) in [5.74, 6) is 1.49. The molecule has 1 N–H and O–H groups in total. The molecule has 0 aliphatic carbocycles. The monoisotopic (exact) mass is 354 g/mol. The van der Waals surface area contributed by atoms with Crippen molar-refractivity contribution in [1.82, 2.24) is 9.38 Å². The molecule has 0 spiro atoms. The molecular formula is C20H24N3OS+. The summed E-state index contributed by atoms with van der Waals surface area (Å²) in [5, 5.41) is 2.03. The van der Waals surface area contributed by atoms with E-state index < -0.39 is 0 Å². The number of nitrogens with zero attached hydrogens (tertiary/aromatic N) is 2. The lowest BCUT2D eigenvalue weighted by atomic mass is 9.92.